The molecule has 2 atom stereocenters. The third kappa shape index (κ3) is 3.68. The first kappa shape index (κ1) is 14.5. The maximum atomic E-state index is 12.2. The van der Waals surface area contributed by atoms with Crippen LogP contribution in [-0.4, -0.2) is 43.3 Å². The second kappa shape index (κ2) is 6.97. The van der Waals surface area contributed by atoms with Crippen LogP contribution in [0.3, 0.4) is 0 Å². The summed E-state index contributed by atoms with van der Waals surface area (Å²) in [6, 6.07) is 0.0132. The van der Waals surface area contributed by atoms with Crippen molar-refractivity contribution >= 4 is 5.91 Å². The van der Waals surface area contributed by atoms with E-state index in [0.717, 1.165) is 19.3 Å². The number of rotatable bonds is 7. The van der Waals surface area contributed by atoms with Crippen molar-refractivity contribution in [3.8, 4) is 0 Å². The molecule has 1 aliphatic heterocycles. The Hall–Kier alpha value is -0.610. The van der Waals surface area contributed by atoms with E-state index in [1.54, 1.807) is 7.11 Å². The maximum Gasteiger partial charge on any atom is 0.241 e. The summed E-state index contributed by atoms with van der Waals surface area (Å²) in [7, 11) is 1.67. The molecule has 0 aromatic carbocycles. The van der Waals surface area contributed by atoms with Gasteiger partial charge in [-0.15, -0.1) is 0 Å². The summed E-state index contributed by atoms with van der Waals surface area (Å²) in [5, 5.41) is 3.45. The molecule has 0 spiro atoms. The molecule has 0 aromatic rings. The summed E-state index contributed by atoms with van der Waals surface area (Å²) in [4.78, 5) is 14.2. The van der Waals surface area contributed by atoms with E-state index in [1.165, 1.54) is 0 Å². The zero-order chi connectivity index (χ0) is 12.8. The Morgan fingerprint density at radius 1 is 1.47 bits per heavy atom. The molecule has 4 nitrogen and oxygen atoms in total. The highest BCUT2D eigenvalue weighted by Crippen LogP contribution is 2.20. The minimum absolute atomic E-state index is 0.0132. The smallest absolute Gasteiger partial charge is 0.241 e. The quantitative estimate of drug-likeness (QED) is 0.737. The van der Waals surface area contributed by atoms with Gasteiger partial charge >= 0.3 is 0 Å². The van der Waals surface area contributed by atoms with Gasteiger partial charge in [0.05, 0.1) is 18.8 Å². The Bertz CT molecular complexity index is 244. The molecule has 100 valence electrons. The highest BCUT2D eigenvalue weighted by molar-refractivity contribution is 5.84. The zero-order valence-electron chi connectivity index (χ0n) is 11.5. The summed E-state index contributed by atoms with van der Waals surface area (Å²) in [6.07, 6.45) is 3.35. The van der Waals surface area contributed by atoms with Gasteiger partial charge in [-0.3, -0.25) is 10.1 Å². The van der Waals surface area contributed by atoms with E-state index in [4.69, 9.17) is 4.74 Å². The molecule has 1 fully saturated rings. The number of ether oxygens (including phenoxy) is 1. The van der Waals surface area contributed by atoms with Crippen LogP contribution in [0.15, 0.2) is 0 Å². The second-order valence-electron chi connectivity index (χ2n) is 5.07. The molecule has 1 rings (SSSR count). The molecule has 1 amide bonds. The van der Waals surface area contributed by atoms with Crippen LogP contribution in [-0.2, 0) is 9.53 Å². The number of carbonyl (C=O) groups excluding carboxylic acids is 1. The first-order valence-electron chi connectivity index (χ1n) is 6.67. The molecule has 0 radical (unpaired) electrons. The Kier molecular flexibility index (Phi) is 5.92. The van der Waals surface area contributed by atoms with Gasteiger partial charge in [-0.1, -0.05) is 33.6 Å². The van der Waals surface area contributed by atoms with Crippen LogP contribution in [0.2, 0.25) is 0 Å². The summed E-state index contributed by atoms with van der Waals surface area (Å²) in [5.74, 6) is 0.677. The van der Waals surface area contributed by atoms with E-state index >= 15 is 0 Å². The molecule has 1 N–H and O–H groups in total. The fraction of sp³-hybridized carbons (Fsp3) is 0.923. The monoisotopic (exact) mass is 242 g/mol. The molecule has 4 heteroatoms. The summed E-state index contributed by atoms with van der Waals surface area (Å²) in [5.41, 5.74) is 0. The van der Waals surface area contributed by atoms with E-state index in [0.29, 0.717) is 19.1 Å². The second-order valence-corrected chi connectivity index (χ2v) is 5.07. The van der Waals surface area contributed by atoms with Crippen molar-refractivity contribution in [3.05, 3.63) is 0 Å². The largest absolute Gasteiger partial charge is 0.383 e. The van der Waals surface area contributed by atoms with Crippen LogP contribution in [0.25, 0.3) is 0 Å². The molecule has 0 saturated carbocycles. The van der Waals surface area contributed by atoms with E-state index in [2.05, 4.69) is 26.1 Å². The van der Waals surface area contributed by atoms with E-state index in [9.17, 15) is 4.79 Å². The molecule has 1 aliphatic rings. The van der Waals surface area contributed by atoms with Crippen LogP contribution in [0, 0.1) is 5.92 Å². The Morgan fingerprint density at radius 2 is 2.18 bits per heavy atom. The number of methoxy groups -OCH3 is 1. The van der Waals surface area contributed by atoms with Crippen LogP contribution in [0.5, 0.6) is 0 Å². The van der Waals surface area contributed by atoms with Crippen LogP contribution in [0.1, 0.15) is 40.0 Å². The number of unbranched alkanes of at least 4 members (excludes halogenated alkanes) is 1. The van der Waals surface area contributed by atoms with Crippen LogP contribution < -0.4 is 5.32 Å². The van der Waals surface area contributed by atoms with Crippen molar-refractivity contribution in [1.29, 1.82) is 0 Å². The summed E-state index contributed by atoms with van der Waals surface area (Å²) >= 11 is 0. The van der Waals surface area contributed by atoms with Gasteiger partial charge in [-0.25, -0.2) is 0 Å². The van der Waals surface area contributed by atoms with Gasteiger partial charge in [-0.2, -0.15) is 0 Å². The third-order valence-corrected chi connectivity index (χ3v) is 3.30. The SMILES string of the molecule is CCCCC1NC(C(C)C)N(CCOC)C1=O. The first-order valence-corrected chi connectivity index (χ1v) is 6.67. The number of nitrogens with zero attached hydrogens (tertiary/aromatic N) is 1. The number of hydrogen-bond donors (Lipinski definition) is 1. The van der Waals surface area contributed by atoms with Gasteiger partial charge in [0.15, 0.2) is 0 Å². The minimum Gasteiger partial charge on any atom is -0.383 e. The van der Waals surface area contributed by atoms with Gasteiger partial charge in [0.1, 0.15) is 0 Å². The molecule has 0 aromatic heterocycles. The van der Waals surface area contributed by atoms with Crippen molar-refractivity contribution in [2.75, 3.05) is 20.3 Å². The number of nitrogens with one attached hydrogen (secondary N) is 1. The lowest BCUT2D eigenvalue weighted by Crippen LogP contribution is -2.42. The van der Waals surface area contributed by atoms with Gasteiger partial charge in [0.2, 0.25) is 5.91 Å². The number of amides is 1. The van der Waals surface area contributed by atoms with Gasteiger partial charge < -0.3 is 9.64 Å². The van der Waals surface area contributed by atoms with Crippen molar-refractivity contribution in [2.24, 2.45) is 5.92 Å². The lowest BCUT2D eigenvalue weighted by molar-refractivity contribution is -0.131. The molecular weight excluding hydrogens is 216 g/mol. The van der Waals surface area contributed by atoms with Crippen molar-refractivity contribution < 1.29 is 9.53 Å². The third-order valence-electron chi connectivity index (χ3n) is 3.30. The normalized spacial score (nSPS) is 25.0. The molecule has 1 heterocycles. The fourth-order valence-corrected chi connectivity index (χ4v) is 2.31. The van der Waals surface area contributed by atoms with E-state index in [-0.39, 0.29) is 18.1 Å². The minimum atomic E-state index is 0.0132. The van der Waals surface area contributed by atoms with Gasteiger partial charge in [0.25, 0.3) is 0 Å². The summed E-state index contributed by atoms with van der Waals surface area (Å²) in [6.45, 7) is 7.74. The Morgan fingerprint density at radius 3 is 2.71 bits per heavy atom. The highest BCUT2D eigenvalue weighted by atomic mass is 16.5. The van der Waals surface area contributed by atoms with Crippen molar-refractivity contribution in [3.63, 3.8) is 0 Å². The Labute approximate surface area is 105 Å². The molecule has 2 unspecified atom stereocenters. The molecular formula is C13H26N2O2. The van der Waals surface area contributed by atoms with Gasteiger partial charge in [0, 0.05) is 13.7 Å². The van der Waals surface area contributed by atoms with Crippen molar-refractivity contribution in [2.45, 2.75) is 52.2 Å². The zero-order valence-corrected chi connectivity index (χ0v) is 11.5. The Balaban J connectivity index is 2.61. The number of hydrogen-bond acceptors (Lipinski definition) is 3. The average Bonchev–Trinajstić information content (AvgIpc) is 2.61. The van der Waals surface area contributed by atoms with E-state index in [1.807, 2.05) is 4.90 Å². The van der Waals surface area contributed by atoms with E-state index < -0.39 is 0 Å². The molecule has 0 aliphatic carbocycles. The maximum absolute atomic E-state index is 12.2. The van der Waals surface area contributed by atoms with Crippen LogP contribution in [0.4, 0.5) is 0 Å². The van der Waals surface area contributed by atoms with Crippen molar-refractivity contribution in [1.82, 2.24) is 10.2 Å². The average molecular weight is 242 g/mol. The molecule has 17 heavy (non-hydrogen) atoms. The van der Waals surface area contributed by atoms with Crippen LogP contribution >= 0.6 is 0 Å². The lowest BCUT2D eigenvalue weighted by Gasteiger charge is -2.26. The van der Waals surface area contributed by atoms with Gasteiger partial charge in [-0.05, 0) is 12.3 Å². The predicted octanol–water partition coefficient (Wildman–Crippen LogP) is 1.61. The highest BCUT2D eigenvalue weighted by Gasteiger charge is 2.39. The standard InChI is InChI=1S/C13H26N2O2/c1-5-6-7-11-13(16)15(8-9-17-4)12(14-11)10(2)3/h10-12,14H,5-9H2,1-4H3. The molecule has 1 saturated heterocycles. The topological polar surface area (TPSA) is 41.6 Å². The summed E-state index contributed by atoms with van der Waals surface area (Å²) < 4.78 is 5.07. The lowest BCUT2D eigenvalue weighted by atomic mass is 10.1. The number of carbonyl (C=O) groups is 1. The first-order chi connectivity index (χ1) is 8.11. The fourth-order valence-electron chi connectivity index (χ4n) is 2.31. The predicted molar refractivity (Wildman–Crippen MR) is 68.7 cm³/mol. The molecule has 0 bridgehead atoms.